The van der Waals surface area contributed by atoms with Gasteiger partial charge in [0.2, 0.25) is 0 Å². The highest BCUT2D eigenvalue weighted by atomic mass is 14.9. The van der Waals surface area contributed by atoms with Crippen LogP contribution in [0.4, 0.5) is 0 Å². The number of hydrogen-bond donors (Lipinski definition) is 0. The summed E-state index contributed by atoms with van der Waals surface area (Å²) in [4.78, 5) is 9.56. The summed E-state index contributed by atoms with van der Waals surface area (Å²) in [7, 11) is 0. The molecule has 0 bridgehead atoms. The van der Waals surface area contributed by atoms with Gasteiger partial charge >= 0.3 is 0 Å². The molecule has 2 aliphatic rings. The van der Waals surface area contributed by atoms with Crippen molar-refractivity contribution in [3.05, 3.63) is 59.2 Å². The van der Waals surface area contributed by atoms with Gasteiger partial charge in [-0.15, -0.1) is 0 Å². The first kappa shape index (κ1) is 17.7. The highest BCUT2D eigenvalue weighted by Crippen LogP contribution is 2.40. The second kappa shape index (κ2) is 7.90. The van der Waals surface area contributed by atoms with Crippen LogP contribution >= 0.6 is 0 Å². The van der Waals surface area contributed by atoms with E-state index in [2.05, 4.69) is 50.5 Å². The van der Waals surface area contributed by atoms with Crippen LogP contribution in [0.15, 0.2) is 36.7 Å². The summed E-state index contributed by atoms with van der Waals surface area (Å²) in [6, 6.07) is 9.15. The zero-order chi connectivity index (χ0) is 17.9. The van der Waals surface area contributed by atoms with E-state index < -0.39 is 0 Å². The van der Waals surface area contributed by atoms with Crippen molar-refractivity contribution in [3.8, 4) is 0 Å². The first-order valence-electron chi connectivity index (χ1n) is 10.6. The Labute approximate surface area is 158 Å². The minimum atomic E-state index is 0.595. The van der Waals surface area contributed by atoms with Crippen LogP contribution in [0.1, 0.15) is 98.6 Å². The number of aryl methyl sites for hydroxylation is 1. The lowest BCUT2D eigenvalue weighted by atomic mass is 9.76. The summed E-state index contributed by atoms with van der Waals surface area (Å²) in [6.07, 6.45) is 14.6. The van der Waals surface area contributed by atoms with Gasteiger partial charge in [0.15, 0.2) is 0 Å². The van der Waals surface area contributed by atoms with Gasteiger partial charge in [-0.3, -0.25) is 0 Å². The van der Waals surface area contributed by atoms with Gasteiger partial charge in [0.05, 0.1) is 0 Å². The molecule has 138 valence electrons. The molecule has 0 unspecified atom stereocenters. The third-order valence-electron chi connectivity index (χ3n) is 6.82. The zero-order valence-electron chi connectivity index (χ0n) is 16.3. The van der Waals surface area contributed by atoms with Crippen LogP contribution in [-0.2, 0) is 0 Å². The molecule has 1 heterocycles. The average Bonchev–Trinajstić information content (AvgIpc) is 2.70. The molecule has 2 aromatic rings. The van der Waals surface area contributed by atoms with Gasteiger partial charge in [-0.2, -0.15) is 0 Å². The third kappa shape index (κ3) is 4.00. The Hall–Kier alpha value is -1.70. The first-order chi connectivity index (χ1) is 12.7. The fraction of sp³-hybridized carbons (Fsp3) is 0.583. The Bertz CT molecular complexity index is 688. The highest BCUT2D eigenvalue weighted by molar-refractivity contribution is 5.25. The van der Waals surface area contributed by atoms with Crippen LogP contribution in [-0.4, -0.2) is 9.97 Å². The predicted molar refractivity (Wildman–Crippen MR) is 108 cm³/mol. The van der Waals surface area contributed by atoms with Gasteiger partial charge in [-0.05, 0) is 74.3 Å². The molecule has 0 N–H and O–H groups in total. The molecule has 2 saturated carbocycles. The van der Waals surface area contributed by atoms with E-state index in [1.807, 2.05) is 0 Å². The molecule has 4 rings (SSSR count). The van der Waals surface area contributed by atoms with Gasteiger partial charge in [0.1, 0.15) is 5.82 Å². The van der Waals surface area contributed by atoms with E-state index in [9.17, 15) is 0 Å². The molecule has 26 heavy (non-hydrogen) atoms. The number of rotatable bonds is 3. The summed E-state index contributed by atoms with van der Waals surface area (Å²) in [5.74, 6) is 3.95. The first-order valence-corrected chi connectivity index (χ1v) is 10.6. The largest absolute Gasteiger partial charge is 0.241 e. The molecule has 2 fully saturated rings. The van der Waals surface area contributed by atoms with Gasteiger partial charge in [-0.1, -0.05) is 49.6 Å². The van der Waals surface area contributed by atoms with Crippen LogP contribution in [0.5, 0.6) is 0 Å². The van der Waals surface area contributed by atoms with Gasteiger partial charge in [-0.25, -0.2) is 9.97 Å². The quantitative estimate of drug-likeness (QED) is 0.631. The monoisotopic (exact) mass is 348 g/mol. The standard InChI is InChI=1S/C24H32N2/c1-17-3-7-19(8-4-17)20-11-13-21(14-12-20)23-15-25-24(26-16-23)22-9-5-18(2)6-10-22/h3-4,7-8,15-16,18,20-22H,5-6,9-14H2,1-2H3. The molecular weight excluding hydrogens is 316 g/mol. The molecule has 0 radical (unpaired) electrons. The van der Waals surface area contributed by atoms with Crippen molar-refractivity contribution in [1.82, 2.24) is 9.97 Å². The van der Waals surface area contributed by atoms with Crippen molar-refractivity contribution in [2.75, 3.05) is 0 Å². The SMILES string of the molecule is Cc1ccc(C2CCC(c3cnc(C4CCC(C)CC4)nc3)CC2)cc1. The molecule has 0 aliphatic heterocycles. The number of nitrogens with zero attached hydrogens (tertiary/aromatic N) is 2. The highest BCUT2D eigenvalue weighted by Gasteiger charge is 2.25. The maximum absolute atomic E-state index is 4.78. The molecule has 2 nitrogen and oxygen atoms in total. The minimum Gasteiger partial charge on any atom is -0.241 e. The lowest BCUT2D eigenvalue weighted by molar-refractivity contribution is 0.339. The summed E-state index contributed by atoms with van der Waals surface area (Å²) >= 11 is 0. The van der Waals surface area contributed by atoms with E-state index in [1.54, 1.807) is 0 Å². The Kier molecular flexibility index (Phi) is 5.38. The number of hydrogen-bond acceptors (Lipinski definition) is 2. The second-order valence-corrected chi connectivity index (χ2v) is 8.79. The molecular formula is C24H32N2. The molecule has 1 aromatic carbocycles. The Balaban J connectivity index is 1.35. The van der Waals surface area contributed by atoms with Crippen molar-refractivity contribution in [2.45, 2.75) is 83.0 Å². The van der Waals surface area contributed by atoms with Crippen molar-refractivity contribution < 1.29 is 0 Å². The fourth-order valence-corrected chi connectivity index (χ4v) is 4.89. The molecule has 0 spiro atoms. The molecule has 2 heteroatoms. The Morgan fingerprint density at radius 3 is 1.73 bits per heavy atom. The van der Waals surface area contributed by atoms with Crippen LogP contribution in [0.2, 0.25) is 0 Å². The van der Waals surface area contributed by atoms with E-state index in [0.29, 0.717) is 11.8 Å². The van der Waals surface area contributed by atoms with E-state index >= 15 is 0 Å². The fourth-order valence-electron chi connectivity index (χ4n) is 4.89. The number of aromatic nitrogens is 2. The Morgan fingerprint density at radius 2 is 1.15 bits per heavy atom. The van der Waals surface area contributed by atoms with Gasteiger partial charge < -0.3 is 0 Å². The van der Waals surface area contributed by atoms with E-state index in [-0.39, 0.29) is 0 Å². The molecule has 1 aromatic heterocycles. The topological polar surface area (TPSA) is 25.8 Å². The van der Waals surface area contributed by atoms with E-state index in [4.69, 9.17) is 9.97 Å². The van der Waals surface area contributed by atoms with Crippen LogP contribution < -0.4 is 0 Å². The molecule has 0 atom stereocenters. The lowest BCUT2D eigenvalue weighted by Crippen LogP contribution is -2.15. The summed E-state index contributed by atoms with van der Waals surface area (Å²) in [6.45, 7) is 4.53. The van der Waals surface area contributed by atoms with E-state index in [1.165, 1.54) is 68.1 Å². The van der Waals surface area contributed by atoms with Crippen LogP contribution in [0.3, 0.4) is 0 Å². The summed E-state index contributed by atoms with van der Waals surface area (Å²) < 4.78 is 0. The predicted octanol–water partition coefficient (Wildman–Crippen LogP) is 6.52. The van der Waals surface area contributed by atoms with Gasteiger partial charge in [0.25, 0.3) is 0 Å². The second-order valence-electron chi connectivity index (χ2n) is 8.79. The maximum atomic E-state index is 4.78. The third-order valence-corrected chi connectivity index (χ3v) is 6.82. The summed E-state index contributed by atoms with van der Waals surface area (Å²) in [5.41, 5.74) is 4.24. The zero-order valence-corrected chi connectivity index (χ0v) is 16.3. The van der Waals surface area contributed by atoms with Crippen molar-refractivity contribution in [1.29, 1.82) is 0 Å². The van der Waals surface area contributed by atoms with Gasteiger partial charge in [0, 0.05) is 18.3 Å². The minimum absolute atomic E-state index is 0.595. The summed E-state index contributed by atoms with van der Waals surface area (Å²) in [5, 5.41) is 0. The molecule has 0 amide bonds. The van der Waals surface area contributed by atoms with Crippen LogP contribution in [0, 0.1) is 12.8 Å². The molecule has 2 aliphatic carbocycles. The average molecular weight is 349 g/mol. The van der Waals surface area contributed by atoms with Crippen molar-refractivity contribution in [3.63, 3.8) is 0 Å². The Morgan fingerprint density at radius 1 is 0.654 bits per heavy atom. The van der Waals surface area contributed by atoms with Crippen molar-refractivity contribution in [2.24, 2.45) is 5.92 Å². The maximum Gasteiger partial charge on any atom is 0.131 e. The smallest absolute Gasteiger partial charge is 0.131 e. The van der Waals surface area contributed by atoms with E-state index in [0.717, 1.165) is 17.7 Å². The lowest BCUT2D eigenvalue weighted by Gasteiger charge is -2.29. The normalized spacial score (nSPS) is 29.5. The van der Waals surface area contributed by atoms with Crippen molar-refractivity contribution >= 4 is 0 Å². The van der Waals surface area contributed by atoms with Crippen LogP contribution in [0.25, 0.3) is 0 Å². The molecule has 0 saturated heterocycles. The number of benzene rings is 1.